The molecule has 1 unspecified atom stereocenters. The van der Waals surface area contributed by atoms with Gasteiger partial charge in [0, 0.05) is 0 Å². The summed E-state index contributed by atoms with van der Waals surface area (Å²) in [6.45, 7) is 0.730. The van der Waals surface area contributed by atoms with Gasteiger partial charge in [-0.15, -0.1) is 0 Å². The highest BCUT2D eigenvalue weighted by Gasteiger charge is 2.36. The van der Waals surface area contributed by atoms with Gasteiger partial charge >= 0.3 is 12.3 Å². The van der Waals surface area contributed by atoms with Crippen LogP contribution in [0.2, 0.25) is 0 Å². The molecule has 0 spiro atoms. The quantitative estimate of drug-likeness (QED) is 0.600. The molecule has 0 aliphatic carbocycles. The Kier molecular flexibility index (Phi) is 2.50. The number of hydrogen-bond donors (Lipinski definition) is 2. The Hall–Kier alpha value is -0.940. The van der Waals surface area contributed by atoms with Crippen molar-refractivity contribution in [2.24, 2.45) is 0 Å². The van der Waals surface area contributed by atoms with Crippen molar-refractivity contribution in [1.29, 1.82) is 0 Å². The van der Waals surface area contributed by atoms with Crippen molar-refractivity contribution in [2.45, 2.75) is 19.1 Å². The molecule has 0 aliphatic rings. The molecule has 0 heterocycles. The number of halogens is 3. The Balaban J connectivity index is 3.85. The van der Waals surface area contributed by atoms with E-state index in [1.54, 1.807) is 0 Å². The van der Waals surface area contributed by atoms with Crippen LogP contribution in [0.25, 0.3) is 0 Å². The minimum Gasteiger partial charge on any atom is -0.465 e. The van der Waals surface area contributed by atoms with E-state index in [0.717, 1.165) is 6.92 Å². The highest BCUT2D eigenvalue weighted by atomic mass is 19.4. The fraction of sp³-hybridized carbons (Fsp3) is 0.750. The number of carbonyl (C=O) groups is 1. The molecule has 1 amide bonds. The lowest BCUT2D eigenvalue weighted by atomic mass is 10.3. The Labute approximate surface area is 54.8 Å². The van der Waals surface area contributed by atoms with Crippen LogP contribution < -0.4 is 5.32 Å². The maximum atomic E-state index is 11.5. The summed E-state index contributed by atoms with van der Waals surface area (Å²) in [5.41, 5.74) is 0. The molecule has 0 fully saturated rings. The molecule has 60 valence electrons. The number of nitrogens with one attached hydrogen (secondary N) is 1. The molecule has 0 aromatic rings. The normalized spacial score (nSPS) is 14.4. The van der Waals surface area contributed by atoms with E-state index in [1.807, 2.05) is 0 Å². The van der Waals surface area contributed by atoms with Crippen LogP contribution in [0.4, 0.5) is 18.0 Å². The molecule has 0 aliphatic heterocycles. The zero-order valence-corrected chi connectivity index (χ0v) is 5.07. The van der Waals surface area contributed by atoms with Crippen LogP contribution in [0.5, 0.6) is 0 Å². The molecular weight excluding hydrogens is 151 g/mol. The number of rotatable bonds is 1. The van der Waals surface area contributed by atoms with Crippen LogP contribution in [0.15, 0.2) is 0 Å². The lowest BCUT2D eigenvalue weighted by molar-refractivity contribution is -0.149. The lowest BCUT2D eigenvalue weighted by Gasteiger charge is -2.14. The molecule has 0 rings (SSSR count). The Morgan fingerprint density at radius 1 is 1.60 bits per heavy atom. The van der Waals surface area contributed by atoms with Crippen molar-refractivity contribution < 1.29 is 23.1 Å². The SMILES string of the molecule is CC(NC(=O)O)C(F)(F)F. The first-order chi connectivity index (χ1) is 4.34. The molecule has 6 heteroatoms. The van der Waals surface area contributed by atoms with E-state index < -0.39 is 18.3 Å². The van der Waals surface area contributed by atoms with E-state index in [2.05, 4.69) is 0 Å². The van der Waals surface area contributed by atoms with Crippen LogP contribution in [-0.4, -0.2) is 23.4 Å². The molecule has 0 saturated carbocycles. The maximum Gasteiger partial charge on any atom is 0.408 e. The fourth-order valence-corrected chi connectivity index (χ4v) is 0.267. The van der Waals surface area contributed by atoms with Gasteiger partial charge in [-0.3, -0.25) is 0 Å². The van der Waals surface area contributed by atoms with Gasteiger partial charge in [-0.1, -0.05) is 0 Å². The standard InChI is InChI=1S/C4H6F3NO2/c1-2(4(5,6)7)8-3(9)10/h2,8H,1H3,(H,9,10). The van der Waals surface area contributed by atoms with Gasteiger partial charge in [-0.05, 0) is 6.92 Å². The van der Waals surface area contributed by atoms with Gasteiger partial charge < -0.3 is 10.4 Å². The summed E-state index contributed by atoms with van der Waals surface area (Å²) in [4.78, 5) is 9.65. The third-order valence-corrected chi connectivity index (χ3v) is 0.831. The molecule has 0 radical (unpaired) electrons. The zero-order valence-electron chi connectivity index (χ0n) is 5.07. The van der Waals surface area contributed by atoms with E-state index in [4.69, 9.17) is 5.11 Å². The van der Waals surface area contributed by atoms with Crippen LogP contribution in [-0.2, 0) is 0 Å². The second-order valence-electron chi connectivity index (χ2n) is 1.71. The average Bonchev–Trinajstić information content (AvgIpc) is 1.60. The Morgan fingerprint density at radius 3 is 2.10 bits per heavy atom. The van der Waals surface area contributed by atoms with Crippen molar-refractivity contribution in [3.63, 3.8) is 0 Å². The number of hydrogen-bond acceptors (Lipinski definition) is 1. The van der Waals surface area contributed by atoms with Crippen LogP contribution in [0.3, 0.4) is 0 Å². The predicted molar refractivity (Wildman–Crippen MR) is 26.7 cm³/mol. The summed E-state index contributed by atoms with van der Waals surface area (Å²) in [7, 11) is 0. The van der Waals surface area contributed by atoms with Crippen LogP contribution in [0, 0.1) is 0 Å². The third kappa shape index (κ3) is 3.16. The summed E-state index contributed by atoms with van der Waals surface area (Å²) in [5.74, 6) is 0. The van der Waals surface area contributed by atoms with E-state index in [-0.39, 0.29) is 0 Å². The first-order valence-electron chi connectivity index (χ1n) is 2.40. The first kappa shape index (κ1) is 9.06. The van der Waals surface area contributed by atoms with Crippen LogP contribution in [0.1, 0.15) is 6.92 Å². The molecule has 10 heavy (non-hydrogen) atoms. The Morgan fingerprint density at radius 2 is 2.00 bits per heavy atom. The van der Waals surface area contributed by atoms with Crippen LogP contribution >= 0.6 is 0 Å². The number of alkyl halides is 3. The third-order valence-electron chi connectivity index (χ3n) is 0.831. The summed E-state index contributed by atoms with van der Waals surface area (Å²) in [5, 5.41) is 9.11. The molecule has 2 N–H and O–H groups in total. The summed E-state index contributed by atoms with van der Waals surface area (Å²) in [6, 6.07) is -2.01. The minimum atomic E-state index is -4.50. The number of amides is 1. The lowest BCUT2D eigenvalue weighted by Crippen LogP contribution is -2.42. The minimum absolute atomic E-state index is 0.730. The topological polar surface area (TPSA) is 49.3 Å². The molecule has 0 aromatic carbocycles. The van der Waals surface area contributed by atoms with Crippen molar-refractivity contribution in [3.8, 4) is 0 Å². The molecule has 0 aromatic heterocycles. The van der Waals surface area contributed by atoms with E-state index >= 15 is 0 Å². The highest BCUT2D eigenvalue weighted by Crippen LogP contribution is 2.19. The molecule has 0 bridgehead atoms. The van der Waals surface area contributed by atoms with Crippen molar-refractivity contribution in [2.75, 3.05) is 0 Å². The summed E-state index contributed by atoms with van der Waals surface area (Å²) in [6.07, 6.45) is -6.18. The van der Waals surface area contributed by atoms with E-state index in [1.165, 1.54) is 5.32 Å². The largest absolute Gasteiger partial charge is 0.465 e. The van der Waals surface area contributed by atoms with Gasteiger partial charge in [0.1, 0.15) is 6.04 Å². The monoisotopic (exact) mass is 157 g/mol. The zero-order chi connectivity index (χ0) is 8.36. The van der Waals surface area contributed by atoms with E-state index in [0.29, 0.717) is 0 Å². The molecular formula is C4H6F3NO2. The average molecular weight is 157 g/mol. The second kappa shape index (κ2) is 2.76. The van der Waals surface area contributed by atoms with Gasteiger partial charge in [-0.25, -0.2) is 4.79 Å². The van der Waals surface area contributed by atoms with Gasteiger partial charge in [0.15, 0.2) is 0 Å². The van der Waals surface area contributed by atoms with Crippen molar-refractivity contribution in [1.82, 2.24) is 5.32 Å². The van der Waals surface area contributed by atoms with E-state index in [9.17, 15) is 18.0 Å². The molecule has 3 nitrogen and oxygen atoms in total. The summed E-state index contributed by atoms with van der Waals surface area (Å²) < 4.78 is 34.5. The fourth-order valence-electron chi connectivity index (χ4n) is 0.267. The molecule has 1 atom stereocenters. The smallest absolute Gasteiger partial charge is 0.408 e. The molecule has 0 saturated heterocycles. The number of carboxylic acid groups (broad SMARTS) is 1. The van der Waals surface area contributed by atoms with Gasteiger partial charge in [-0.2, -0.15) is 13.2 Å². The van der Waals surface area contributed by atoms with Gasteiger partial charge in [0.25, 0.3) is 0 Å². The first-order valence-corrected chi connectivity index (χ1v) is 2.40. The predicted octanol–water partition coefficient (Wildman–Crippen LogP) is 1.20. The second-order valence-corrected chi connectivity index (χ2v) is 1.71. The Bertz CT molecular complexity index is 133. The van der Waals surface area contributed by atoms with Gasteiger partial charge in [0.2, 0.25) is 0 Å². The van der Waals surface area contributed by atoms with Gasteiger partial charge in [0.05, 0.1) is 0 Å². The van der Waals surface area contributed by atoms with Crippen molar-refractivity contribution >= 4 is 6.09 Å². The van der Waals surface area contributed by atoms with Crippen molar-refractivity contribution in [3.05, 3.63) is 0 Å². The summed E-state index contributed by atoms with van der Waals surface area (Å²) >= 11 is 0. The highest BCUT2D eigenvalue weighted by molar-refractivity contribution is 5.64. The maximum absolute atomic E-state index is 11.5.